The van der Waals surface area contributed by atoms with Crippen LogP contribution in [0.3, 0.4) is 0 Å². The fourth-order valence-corrected chi connectivity index (χ4v) is 5.67. The van der Waals surface area contributed by atoms with Gasteiger partial charge in [0.15, 0.2) is 11.6 Å². The van der Waals surface area contributed by atoms with Gasteiger partial charge in [0.1, 0.15) is 29.0 Å². The lowest BCUT2D eigenvalue weighted by molar-refractivity contribution is 0.415. The summed E-state index contributed by atoms with van der Waals surface area (Å²) in [5.74, 6) is 2.92. The van der Waals surface area contributed by atoms with Crippen molar-refractivity contribution in [2.24, 2.45) is 0 Å². The van der Waals surface area contributed by atoms with Crippen LogP contribution in [0.4, 0.5) is 39.0 Å². The van der Waals surface area contributed by atoms with Gasteiger partial charge in [-0.3, -0.25) is 9.13 Å². The van der Waals surface area contributed by atoms with E-state index in [0.717, 1.165) is 33.6 Å². The van der Waals surface area contributed by atoms with Crippen LogP contribution < -0.4 is 26.8 Å². The number of rotatable bonds is 7. The number of anilines is 6. The van der Waals surface area contributed by atoms with Crippen LogP contribution in [0.2, 0.25) is 0 Å². The molecule has 0 atom stereocenters. The van der Waals surface area contributed by atoms with Crippen molar-refractivity contribution in [2.45, 2.75) is 20.8 Å². The number of fused-ring (bicyclic) bond motifs is 2. The summed E-state index contributed by atoms with van der Waals surface area (Å²) in [6.07, 6.45) is 0. The summed E-state index contributed by atoms with van der Waals surface area (Å²) >= 11 is 0. The minimum absolute atomic E-state index is 0.0251. The number of aryl methyl sites for hydroxylation is 3. The summed E-state index contributed by atoms with van der Waals surface area (Å²) in [5, 5.41) is 6.21. The van der Waals surface area contributed by atoms with E-state index in [1.165, 1.54) is 5.56 Å². The average Bonchev–Trinajstić information content (AvgIpc) is 3.66. The van der Waals surface area contributed by atoms with Gasteiger partial charge in [-0.15, -0.1) is 0 Å². The molecule has 0 saturated heterocycles. The molecule has 0 aliphatic heterocycles. The Kier molecular flexibility index (Phi) is 9.01. The van der Waals surface area contributed by atoms with Crippen LogP contribution in [0.1, 0.15) is 17.2 Å². The number of nitrogens with two attached hydrogens (primary N) is 2. The number of para-hydroxylation sites is 4. The van der Waals surface area contributed by atoms with E-state index in [0.29, 0.717) is 34.8 Å². The van der Waals surface area contributed by atoms with Gasteiger partial charge < -0.3 is 26.8 Å². The molecule has 0 bridgehead atoms. The number of hydrogen-bond acceptors (Lipinski definition) is 11. The first-order chi connectivity index (χ1) is 25.2. The molecule has 0 saturated carbocycles. The van der Waals surface area contributed by atoms with Crippen molar-refractivity contribution in [1.29, 1.82) is 0 Å². The summed E-state index contributed by atoms with van der Waals surface area (Å²) in [4.78, 5) is 26.5. The lowest BCUT2D eigenvalue weighted by Crippen LogP contribution is -2.10. The van der Waals surface area contributed by atoms with E-state index in [9.17, 15) is 4.39 Å². The molecule has 0 radical (unpaired) electrons. The van der Waals surface area contributed by atoms with Crippen molar-refractivity contribution in [1.82, 2.24) is 39.0 Å². The van der Waals surface area contributed by atoms with E-state index in [1.54, 1.807) is 42.0 Å². The normalized spacial score (nSPS) is 10.9. The lowest BCUT2D eigenvalue weighted by atomic mass is 10.2. The van der Waals surface area contributed by atoms with Gasteiger partial charge in [0.2, 0.25) is 17.7 Å². The number of nitrogens with zero attached hydrogens (tertiary/aromatic N) is 8. The molecule has 14 heteroatoms. The van der Waals surface area contributed by atoms with Crippen molar-refractivity contribution < 1.29 is 9.13 Å². The van der Waals surface area contributed by atoms with Gasteiger partial charge in [-0.25, -0.2) is 9.97 Å². The molecule has 0 aliphatic carbocycles. The van der Waals surface area contributed by atoms with Crippen LogP contribution in [-0.2, 0) is 0 Å². The molecule has 8 rings (SSSR count). The van der Waals surface area contributed by atoms with Crippen LogP contribution >= 0.6 is 0 Å². The molecule has 6 N–H and O–H groups in total. The van der Waals surface area contributed by atoms with E-state index in [2.05, 4.69) is 47.5 Å². The van der Waals surface area contributed by atoms with Crippen LogP contribution in [0.15, 0.2) is 103 Å². The molecule has 4 aromatic carbocycles. The van der Waals surface area contributed by atoms with Gasteiger partial charge in [-0.1, -0.05) is 48.0 Å². The molecule has 260 valence electrons. The maximum Gasteiger partial charge on any atom is 0.239 e. The molecule has 0 unspecified atom stereocenters. The molecular formula is C38H35FN12O. The number of hydrogen-bond donors (Lipinski definition) is 4. The van der Waals surface area contributed by atoms with Gasteiger partial charge in [0.05, 0.1) is 29.2 Å². The first kappa shape index (κ1) is 33.4. The predicted octanol–water partition coefficient (Wildman–Crippen LogP) is 7.36. The number of benzene rings is 4. The van der Waals surface area contributed by atoms with Gasteiger partial charge in [0, 0.05) is 23.5 Å². The largest absolute Gasteiger partial charge is 0.497 e. The first-order valence-corrected chi connectivity index (χ1v) is 16.3. The fraction of sp³-hybridized carbons (Fsp3) is 0.105. The highest BCUT2D eigenvalue weighted by molar-refractivity contribution is 5.78. The molecule has 52 heavy (non-hydrogen) atoms. The second-order valence-electron chi connectivity index (χ2n) is 11.9. The molecule has 13 nitrogen and oxygen atoms in total. The van der Waals surface area contributed by atoms with Crippen molar-refractivity contribution in [3.63, 3.8) is 0 Å². The summed E-state index contributed by atoms with van der Waals surface area (Å²) < 4.78 is 23.4. The summed E-state index contributed by atoms with van der Waals surface area (Å²) in [6.45, 7) is 5.81. The zero-order chi connectivity index (χ0) is 36.4. The summed E-state index contributed by atoms with van der Waals surface area (Å²) in [7, 11) is 1.56. The summed E-state index contributed by atoms with van der Waals surface area (Å²) in [6, 6.07) is 32.4. The molecule has 0 fully saturated rings. The Bertz CT molecular complexity index is 2550. The minimum Gasteiger partial charge on any atom is -0.497 e. The van der Waals surface area contributed by atoms with Crippen LogP contribution in [-0.4, -0.2) is 46.1 Å². The number of nitrogen functional groups attached to an aromatic ring is 2. The second-order valence-corrected chi connectivity index (χ2v) is 11.9. The first-order valence-electron chi connectivity index (χ1n) is 16.3. The maximum atomic E-state index is 14.5. The predicted molar refractivity (Wildman–Crippen MR) is 202 cm³/mol. The smallest absolute Gasteiger partial charge is 0.239 e. The Morgan fingerprint density at radius 2 is 1.23 bits per heavy atom. The standard InChI is InChI=1S/C19H17FN6O.C19H18N6/c1-11-22-14-8-3-4-9-15(14)26(11)19-24-17(21)16(20)18(25-19)23-12-6-5-7-13(10-12)27-2;1-12-7-9-14(10-8-12)22-18-11-17(20)23-19(24-18)25-13(2)21-15-5-3-4-6-16(15)25/h3-10H,1-2H3,(H3,21,23,24,25);3-11H,1-2H3,(H3,20,22,23,24). The number of halogens is 1. The third kappa shape index (κ3) is 6.85. The third-order valence-electron chi connectivity index (χ3n) is 8.11. The van der Waals surface area contributed by atoms with Gasteiger partial charge in [-0.2, -0.15) is 24.3 Å². The Hall–Kier alpha value is -7.09. The monoisotopic (exact) mass is 694 g/mol. The van der Waals surface area contributed by atoms with E-state index in [4.69, 9.17) is 16.2 Å². The van der Waals surface area contributed by atoms with Crippen LogP contribution in [0.25, 0.3) is 34.0 Å². The highest BCUT2D eigenvalue weighted by atomic mass is 19.1. The Morgan fingerprint density at radius 3 is 1.87 bits per heavy atom. The zero-order valence-corrected chi connectivity index (χ0v) is 28.8. The minimum atomic E-state index is -0.719. The highest BCUT2D eigenvalue weighted by Crippen LogP contribution is 2.27. The molecular weight excluding hydrogens is 659 g/mol. The van der Waals surface area contributed by atoms with Gasteiger partial charge >= 0.3 is 0 Å². The van der Waals surface area contributed by atoms with Crippen molar-refractivity contribution in [3.05, 3.63) is 126 Å². The Morgan fingerprint density at radius 1 is 0.615 bits per heavy atom. The maximum absolute atomic E-state index is 14.5. The van der Waals surface area contributed by atoms with E-state index in [1.807, 2.05) is 91.2 Å². The average molecular weight is 695 g/mol. The molecule has 4 aromatic heterocycles. The van der Waals surface area contributed by atoms with Gasteiger partial charge in [0.25, 0.3) is 0 Å². The second kappa shape index (κ2) is 14.0. The Labute approximate surface area is 298 Å². The summed E-state index contributed by atoms with van der Waals surface area (Å²) in [5.41, 5.74) is 18.0. The quantitative estimate of drug-likeness (QED) is 0.131. The van der Waals surface area contributed by atoms with Crippen LogP contribution in [0, 0.1) is 26.6 Å². The topological polar surface area (TPSA) is 173 Å². The highest BCUT2D eigenvalue weighted by Gasteiger charge is 2.18. The van der Waals surface area contributed by atoms with Gasteiger partial charge in [-0.05, 0) is 69.3 Å². The van der Waals surface area contributed by atoms with Crippen molar-refractivity contribution in [3.8, 4) is 17.6 Å². The third-order valence-corrected chi connectivity index (χ3v) is 8.11. The van der Waals surface area contributed by atoms with E-state index < -0.39 is 5.82 Å². The molecule has 0 amide bonds. The number of nitrogens with one attached hydrogen (secondary N) is 2. The molecule has 0 spiro atoms. The Balaban J connectivity index is 0.000000162. The SMILES string of the molecule is COc1cccc(Nc2nc(-n3c(C)nc4ccccc43)nc(N)c2F)c1.Cc1ccc(Nc2cc(N)nc(-n3c(C)nc4ccccc43)n2)cc1. The number of ether oxygens (including phenoxy) is 1. The molecule has 4 heterocycles. The molecule has 0 aliphatic rings. The molecule has 8 aromatic rings. The number of methoxy groups -OCH3 is 1. The lowest BCUT2D eigenvalue weighted by Gasteiger charge is -2.12. The van der Waals surface area contributed by atoms with Crippen LogP contribution in [0.5, 0.6) is 5.75 Å². The fourth-order valence-electron chi connectivity index (χ4n) is 5.67. The van der Waals surface area contributed by atoms with E-state index in [-0.39, 0.29) is 17.6 Å². The van der Waals surface area contributed by atoms with Crippen molar-refractivity contribution >= 4 is 56.7 Å². The number of aromatic nitrogens is 8. The van der Waals surface area contributed by atoms with Crippen molar-refractivity contribution in [2.75, 3.05) is 29.2 Å². The zero-order valence-electron chi connectivity index (χ0n) is 28.8. The number of imidazole rings is 2. The van der Waals surface area contributed by atoms with E-state index >= 15 is 0 Å².